The maximum Gasteiger partial charge on any atom is 2.00 e. The van der Waals surface area contributed by atoms with E-state index in [1.807, 2.05) is 67.9 Å². The van der Waals surface area contributed by atoms with Crippen molar-refractivity contribution in [1.29, 1.82) is 0 Å². The fraction of sp³-hybridized carbons (Fsp3) is 0.256. The molecule has 3 aromatic heterocycles. The Morgan fingerprint density at radius 1 is 0.820 bits per heavy atom. The van der Waals surface area contributed by atoms with Gasteiger partial charge in [0, 0.05) is 40.5 Å². The van der Waals surface area contributed by atoms with Gasteiger partial charge in [-0.05, 0) is 86.9 Å². The summed E-state index contributed by atoms with van der Waals surface area (Å²) in [6, 6.07) is 36.0. The summed E-state index contributed by atoms with van der Waals surface area (Å²) in [5.74, 6) is 2.94. The van der Waals surface area contributed by atoms with Crippen molar-refractivity contribution >= 4 is 21.8 Å². The van der Waals surface area contributed by atoms with E-state index in [0.717, 1.165) is 56.9 Å². The predicted molar refractivity (Wildman–Crippen MR) is 199 cm³/mol. The molecular weight excluding hydrogens is 711 g/mol. The number of aryl methyl sites for hydroxylation is 2. The molecule has 0 fully saturated rings. The van der Waals surface area contributed by atoms with Crippen molar-refractivity contribution in [3.63, 3.8) is 0 Å². The first kappa shape index (κ1) is 35.1. The van der Waals surface area contributed by atoms with Gasteiger partial charge in [-0.3, -0.25) is 4.68 Å². The Balaban J connectivity index is 0.00000432. The SMILES string of the molecule is CCc1c(-c2ccc(C)c(C)c2)c(C(C)C)nn1-c1[c-]c(Oc2[c-]c3c(cc2)c2ccccc2n3-c2cc(OC(C)(C)C)ccn2)ccc1.[Pd+2]. The quantitative estimate of drug-likeness (QED) is 0.115. The number of benzene rings is 4. The second kappa shape index (κ2) is 13.9. The van der Waals surface area contributed by atoms with Gasteiger partial charge in [0.1, 0.15) is 17.2 Å². The summed E-state index contributed by atoms with van der Waals surface area (Å²) in [7, 11) is 0. The summed E-state index contributed by atoms with van der Waals surface area (Å²) in [6.07, 6.45) is 2.61. The molecule has 4 aromatic carbocycles. The third kappa shape index (κ3) is 6.73. The summed E-state index contributed by atoms with van der Waals surface area (Å²) in [5, 5.41) is 7.35. The molecule has 7 heteroatoms. The van der Waals surface area contributed by atoms with E-state index < -0.39 is 0 Å². The van der Waals surface area contributed by atoms with Crippen molar-refractivity contribution in [2.24, 2.45) is 0 Å². The van der Waals surface area contributed by atoms with E-state index in [4.69, 9.17) is 19.6 Å². The van der Waals surface area contributed by atoms with Crippen LogP contribution < -0.4 is 9.47 Å². The van der Waals surface area contributed by atoms with Crippen molar-refractivity contribution in [1.82, 2.24) is 19.3 Å². The predicted octanol–water partition coefficient (Wildman–Crippen LogP) is 10.9. The molecule has 0 amide bonds. The molecule has 7 aromatic rings. The minimum Gasteiger partial charge on any atom is -0.509 e. The van der Waals surface area contributed by atoms with Gasteiger partial charge >= 0.3 is 20.4 Å². The van der Waals surface area contributed by atoms with Gasteiger partial charge in [-0.1, -0.05) is 62.7 Å². The van der Waals surface area contributed by atoms with Gasteiger partial charge in [0.05, 0.1) is 5.69 Å². The Hall–Kier alpha value is -4.70. The first-order valence-electron chi connectivity index (χ1n) is 17.0. The zero-order chi connectivity index (χ0) is 34.4. The smallest absolute Gasteiger partial charge is 0.509 e. The Morgan fingerprint density at radius 2 is 1.60 bits per heavy atom. The summed E-state index contributed by atoms with van der Waals surface area (Å²) < 4.78 is 16.8. The molecule has 0 aliphatic carbocycles. The number of pyridine rings is 1. The molecule has 0 radical (unpaired) electrons. The molecule has 0 atom stereocenters. The van der Waals surface area contributed by atoms with Crippen molar-refractivity contribution in [2.45, 2.75) is 73.3 Å². The molecule has 256 valence electrons. The number of nitrogens with zero attached hydrogens (tertiary/aromatic N) is 4. The summed E-state index contributed by atoms with van der Waals surface area (Å²) in [5.41, 5.74) is 9.61. The third-order valence-corrected chi connectivity index (χ3v) is 8.81. The number of hydrogen-bond acceptors (Lipinski definition) is 4. The average Bonchev–Trinajstić information content (AvgIpc) is 3.62. The van der Waals surface area contributed by atoms with Crippen molar-refractivity contribution < 1.29 is 29.9 Å². The second-order valence-electron chi connectivity index (χ2n) is 13.9. The Kier molecular flexibility index (Phi) is 9.77. The van der Waals surface area contributed by atoms with Crippen LogP contribution in [0.4, 0.5) is 0 Å². The van der Waals surface area contributed by atoms with Crippen molar-refractivity contribution in [2.75, 3.05) is 0 Å². The van der Waals surface area contributed by atoms with Crippen LogP contribution in [0.5, 0.6) is 17.2 Å². The normalized spacial score (nSPS) is 11.7. The van der Waals surface area contributed by atoms with E-state index in [2.05, 4.69) is 93.8 Å². The van der Waals surface area contributed by atoms with Gasteiger partial charge in [0.2, 0.25) is 0 Å². The zero-order valence-corrected chi connectivity index (χ0v) is 31.4. The standard InChI is InChI=1S/C43H42N4O2.Pd/c1-9-37-41(30-18-17-28(4)29(5)23-30)42(27(2)3)45-47(37)31-13-12-14-32(24-31)48-33-19-20-36-35-15-10-11-16-38(35)46(39(36)25-33)40-26-34(21-22-44-40)49-43(6,7)8;/h10-23,26-27H,9H2,1-8H3;/q-2;+2. The minimum absolute atomic E-state index is 0. The molecule has 3 heterocycles. The molecule has 0 spiro atoms. The molecule has 50 heavy (non-hydrogen) atoms. The van der Waals surface area contributed by atoms with Gasteiger partial charge in [-0.15, -0.1) is 35.7 Å². The van der Waals surface area contributed by atoms with Crippen molar-refractivity contribution in [3.05, 3.63) is 126 Å². The molecule has 0 saturated heterocycles. The monoisotopic (exact) mass is 752 g/mol. The van der Waals surface area contributed by atoms with Gasteiger partial charge in [-0.25, -0.2) is 4.98 Å². The first-order valence-corrected chi connectivity index (χ1v) is 17.0. The first-order chi connectivity index (χ1) is 23.5. The van der Waals surface area contributed by atoms with Crippen LogP contribution in [-0.4, -0.2) is 24.9 Å². The number of rotatable bonds is 8. The van der Waals surface area contributed by atoms with Crippen LogP contribution in [0, 0.1) is 26.0 Å². The molecule has 0 aliphatic rings. The summed E-state index contributed by atoms with van der Waals surface area (Å²) >= 11 is 0. The fourth-order valence-corrected chi connectivity index (χ4v) is 6.46. The van der Waals surface area contributed by atoms with E-state index in [-0.39, 0.29) is 31.9 Å². The number of hydrogen-bond donors (Lipinski definition) is 0. The summed E-state index contributed by atoms with van der Waals surface area (Å²) in [6.45, 7) is 17.0. The van der Waals surface area contributed by atoms with E-state index in [1.54, 1.807) is 6.20 Å². The zero-order valence-electron chi connectivity index (χ0n) is 29.9. The van der Waals surface area contributed by atoms with Crippen LogP contribution in [0.2, 0.25) is 0 Å². The largest absolute Gasteiger partial charge is 2.00 e. The molecule has 0 aliphatic heterocycles. The maximum atomic E-state index is 6.49. The molecule has 0 bridgehead atoms. The molecule has 6 nitrogen and oxygen atoms in total. The van der Waals surface area contributed by atoms with Crippen LogP contribution >= 0.6 is 0 Å². The fourth-order valence-electron chi connectivity index (χ4n) is 6.46. The van der Waals surface area contributed by atoms with Crippen LogP contribution in [0.25, 0.3) is 44.4 Å². The molecule has 0 N–H and O–H groups in total. The number of fused-ring (bicyclic) bond motifs is 3. The average molecular weight is 753 g/mol. The van der Waals surface area contributed by atoms with Crippen molar-refractivity contribution in [3.8, 4) is 39.9 Å². The van der Waals surface area contributed by atoms with Gasteiger partial charge < -0.3 is 14.0 Å². The van der Waals surface area contributed by atoms with Gasteiger partial charge in [-0.2, -0.15) is 17.2 Å². The van der Waals surface area contributed by atoms with Crippen LogP contribution in [0.3, 0.4) is 0 Å². The van der Waals surface area contributed by atoms with Crippen LogP contribution in [0.1, 0.15) is 70.0 Å². The second-order valence-corrected chi connectivity index (χ2v) is 13.9. The molecule has 7 rings (SSSR count). The molecule has 0 unspecified atom stereocenters. The minimum atomic E-state index is -0.330. The van der Waals surface area contributed by atoms with E-state index in [0.29, 0.717) is 11.5 Å². The molecular formula is C43H42N4O2Pd. The number of para-hydroxylation sites is 1. The number of ether oxygens (including phenoxy) is 2. The Morgan fingerprint density at radius 3 is 2.34 bits per heavy atom. The molecule has 0 saturated carbocycles. The van der Waals surface area contributed by atoms with E-state index >= 15 is 0 Å². The summed E-state index contributed by atoms with van der Waals surface area (Å²) in [4.78, 5) is 4.75. The van der Waals surface area contributed by atoms with E-state index in [9.17, 15) is 0 Å². The number of aromatic nitrogens is 4. The van der Waals surface area contributed by atoms with Crippen LogP contribution in [-0.2, 0) is 26.8 Å². The Bertz CT molecular complexity index is 2330. The Labute approximate surface area is 308 Å². The van der Waals surface area contributed by atoms with E-state index in [1.165, 1.54) is 22.3 Å². The third-order valence-electron chi connectivity index (χ3n) is 8.81. The maximum absolute atomic E-state index is 6.49. The van der Waals surface area contributed by atoms with Gasteiger partial charge in [0.25, 0.3) is 0 Å². The topological polar surface area (TPSA) is 54.1 Å². The van der Waals surface area contributed by atoms with Crippen LogP contribution in [0.15, 0.2) is 91.1 Å². The van der Waals surface area contributed by atoms with Gasteiger partial charge in [0.15, 0.2) is 0 Å².